The molecule has 0 aliphatic heterocycles. The number of amides is 1. The second kappa shape index (κ2) is 9.16. The van der Waals surface area contributed by atoms with Crippen molar-refractivity contribution in [3.8, 4) is 0 Å². The number of aryl methyl sites for hydroxylation is 3. The first-order valence-corrected chi connectivity index (χ1v) is 10.4. The lowest BCUT2D eigenvalue weighted by Gasteiger charge is -2.11. The molecule has 1 amide bonds. The van der Waals surface area contributed by atoms with Crippen molar-refractivity contribution in [1.29, 1.82) is 0 Å². The second-order valence-electron chi connectivity index (χ2n) is 6.82. The first-order valence-electron chi connectivity index (χ1n) is 9.25. The zero-order valence-electron chi connectivity index (χ0n) is 15.5. The zero-order chi connectivity index (χ0) is 18.4. The van der Waals surface area contributed by atoms with Gasteiger partial charge in [-0.15, -0.1) is 16.9 Å². The lowest BCUT2D eigenvalue weighted by Crippen LogP contribution is -2.27. The molecule has 142 valence electrons. The van der Waals surface area contributed by atoms with E-state index in [1.165, 1.54) is 12.8 Å². The summed E-state index contributed by atoms with van der Waals surface area (Å²) in [6.45, 7) is 5.53. The summed E-state index contributed by atoms with van der Waals surface area (Å²) >= 11 is 1.56. The van der Waals surface area contributed by atoms with E-state index in [1.807, 2.05) is 23.2 Å². The molecular weight excluding hydrogens is 350 g/mol. The first-order chi connectivity index (χ1) is 12.6. The third-order valence-electron chi connectivity index (χ3n) is 4.67. The van der Waals surface area contributed by atoms with Gasteiger partial charge in [0.1, 0.15) is 0 Å². The van der Waals surface area contributed by atoms with Gasteiger partial charge in [0.15, 0.2) is 5.82 Å². The topological polar surface area (TPSA) is 90.5 Å². The Labute approximate surface area is 158 Å². The Morgan fingerprint density at radius 1 is 1.35 bits per heavy atom. The molecule has 1 fully saturated rings. The van der Waals surface area contributed by atoms with Crippen LogP contribution < -0.4 is 5.32 Å². The Hall–Kier alpha value is -1.90. The molecule has 1 aliphatic rings. The van der Waals surface area contributed by atoms with Crippen LogP contribution in [0.15, 0.2) is 6.07 Å². The van der Waals surface area contributed by atoms with Gasteiger partial charge in [-0.05, 0) is 49.6 Å². The summed E-state index contributed by atoms with van der Waals surface area (Å²) < 4.78 is 3.94. The van der Waals surface area contributed by atoms with E-state index in [4.69, 9.17) is 0 Å². The van der Waals surface area contributed by atoms with Crippen molar-refractivity contribution >= 4 is 17.7 Å². The summed E-state index contributed by atoms with van der Waals surface area (Å²) in [5.41, 5.74) is 2.19. The minimum absolute atomic E-state index is 0.0586. The van der Waals surface area contributed by atoms with Gasteiger partial charge in [-0.1, -0.05) is 12.8 Å². The molecule has 0 saturated heterocycles. The number of hydrogen-bond acceptors (Lipinski definition) is 6. The molecule has 0 radical (unpaired) electrons. The number of carbonyl (C=O) groups is 1. The van der Waals surface area contributed by atoms with E-state index in [9.17, 15) is 4.79 Å². The van der Waals surface area contributed by atoms with Crippen molar-refractivity contribution in [3.05, 3.63) is 23.3 Å². The second-order valence-corrected chi connectivity index (χ2v) is 7.81. The molecule has 3 rings (SSSR count). The number of tetrazole rings is 1. The Morgan fingerprint density at radius 3 is 2.88 bits per heavy atom. The molecule has 0 aromatic carbocycles. The van der Waals surface area contributed by atoms with Crippen LogP contribution in [0, 0.1) is 13.8 Å². The molecule has 0 unspecified atom stereocenters. The average Bonchev–Trinajstić information content (AvgIpc) is 3.33. The number of rotatable bonds is 9. The summed E-state index contributed by atoms with van der Waals surface area (Å²) in [6, 6.07) is 2.50. The van der Waals surface area contributed by atoms with Gasteiger partial charge in [0.05, 0.1) is 23.2 Å². The fraction of sp³-hybridized carbons (Fsp3) is 0.706. The maximum atomic E-state index is 12.0. The van der Waals surface area contributed by atoms with Crippen LogP contribution in [0.2, 0.25) is 0 Å². The molecule has 1 N–H and O–H groups in total. The molecule has 26 heavy (non-hydrogen) atoms. The van der Waals surface area contributed by atoms with E-state index < -0.39 is 0 Å². The minimum Gasteiger partial charge on any atom is -0.355 e. The van der Waals surface area contributed by atoms with Crippen LogP contribution in [-0.2, 0) is 17.1 Å². The van der Waals surface area contributed by atoms with E-state index in [0.717, 1.165) is 43.0 Å². The van der Waals surface area contributed by atoms with E-state index in [-0.39, 0.29) is 5.91 Å². The summed E-state index contributed by atoms with van der Waals surface area (Å²) in [5.74, 6) is 2.03. The van der Waals surface area contributed by atoms with Gasteiger partial charge < -0.3 is 5.32 Å². The van der Waals surface area contributed by atoms with Crippen molar-refractivity contribution < 1.29 is 4.79 Å². The summed E-state index contributed by atoms with van der Waals surface area (Å²) in [4.78, 5) is 12.0. The van der Waals surface area contributed by atoms with E-state index in [0.29, 0.717) is 24.1 Å². The number of thioether (sulfide) groups is 1. The minimum atomic E-state index is 0.0586. The molecule has 8 nitrogen and oxygen atoms in total. The highest BCUT2D eigenvalue weighted by Gasteiger charge is 2.21. The van der Waals surface area contributed by atoms with Gasteiger partial charge in [0, 0.05) is 18.8 Å². The fourth-order valence-electron chi connectivity index (χ4n) is 3.38. The highest BCUT2D eigenvalue weighted by atomic mass is 32.2. The van der Waals surface area contributed by atoms with Crippen molar-refractivity contribution in [2.45, 2.75) is 64.3 Å². The van der Waals surface area contributed by atoms with Gasteiger partial charge in [-0.25, -0.2) is 4.68 Å². The van der Waals surface area contributed by atoms with Crippen molar-refractivity contribution in [2.75, 3.05) is 12.3 Å². The Kier molecular flexibility index (Phi) is 6.65. The van der Waals surface area contributed by atoms with Crippen molar-refractivity contribution in [2.24, 2.45) is 0 Å². The lowest BCUT2D eigenvalue weighted by molar-refractivity contribution is -0.118. The predicted molar refractivity (Wildman–Crippen MR) is 101 cm³/mol. The normalized spacial score (nSPS) is 14.8. The van der Waals surface area contributed by atoms with Crippen LogP contribution in [0.3, 0.4) is 0 Å². The Bertz CT molecular complexity index is 721. The maximum Gasteiger partial charge on any atom is 0.230 e. The fourth-order valence-corrected chi connectivity index (χ4v) is 4.15. The standard InChI is InChI=1S/C17H27N7OS/c1-13-10-14(2)23(20-13)9-5-8-18-17(25)12-26-11-16-19-21-22-24(16)15-6-3-4-7-15/h10,15H,3-9,11-12H2,1-2H3,(H,18,25). The summed E-state index contributed by atoms with van der Waals surface area (Å²) in [7, 11) is 0. The predicted octanol–water partition coefficient (Wildman–Crippen LogP) is 2.04. The molecule has 0 bridgehead atoms. The van der Waals surface area contributed by atoms with Gasteiger partial charge in [0.25, 0.3) is 0 Å². The van der Waals surface area contributed by atoms with Gasteiger partial charge in [-0.3, -0.25) is 9.48 Å². The highest BCUT2D eigenvalue weighted by molar-refractivity contribution is 7.99. The quantitative estimate of drug-likeness (QED) is 0.673. The van der Waals surface area contributed by atoms with Gasteiger partial charge in [-0.2, -0.15) is 5.10 Å². The van der Waals surface area contributed by atoms with Crippen LogP contribution >= 0.6 is 11.8 Å². The van der Waals surface area contributed by atoms with Gasteiger partial charge >= 0.3 is 0 Å². The number of carbonyl (C=O) groups excluding carboxylic acids is 1. The number of nitrogens with zero attached hydrogens (tertiary/aromatic N) is 6. The van der Waals surface area contributed by atoms with Crippen molar-refractivity contribution in [3.63, 3.8) is 0 Å². The monoisotopic (exact) mass is 377 g/mol. The van der Waals surface area contributed by atoms with Gasteiger partial charge in [0.2, 0.25) is 5.91 Å². The van der Waals surface area contributed by atoms with Crippen LogP contribution in [0.25, 0.3) is 0 Å². The largest absolute Gasteiger partial charge is 0.355 e. The molecule has 1 saturated carbocycles. The molecular formula is C17H27N7OS. The maximum absolute atomic E-state index is 12.0. The van der Waals surface area contributed by atoms with Crippen LogP contribution in [0.5, 0.6) is 0 Å². The van der Waals surface area contributed by atoms with Crippen LogP contribution in [0.1, 0.15) is 55.4 Å². The zero-order valence-corrected chi connectivity index (χ0v) is 16.3. The lowest BCUT2D eigenvalue weighted by atomic mass is 10.2. The number of aromatic nitrogens is 6. The molecule has 2 aromatic rings. The van der Waals surface area contributed by atoms with E-state index in [1.54, 1.807) is 11.8 Å². The van der Waals surface area contributed by atoms with E-state index >= 15 is 0 Å². The summed E-state index contributed by atoms with van der Waals surface area (Å²) in [5, 5.41) is 19.4. The van der Waals surface area contributed by atoms with E-state index in [2.05, 4.69) is 32.0 Å². The highest BCUT2D eigenvalue weighted by Crippen LogP contribution is 2.29. The Balaban J connectivity index is 1.32. The van der Waals surface area contributed by atoms with Crippen LogP contribution in [-0.4, -0.2) is 48.2 Å². The number of hydrogen-bond donors (Lipinski definition) is 1. The molecule has 1 aliphatic carbocycles. The van der Waals surface area contributed by atoms with Crippen LogP contribution in [0.4, 0.5) is 0 Å². The SMILES string of the molecule is Cc1cc(C)n(CCCNC(=O)CSCc2nnnn2C2CCCC2)n1. The third-order valence-corrected chi connectivity index (χ3v) is 5.60. The molecule has 2 heterocycles. The van der Waals surface area contributed by atoms with Crippen molar-refractivity contribution in [1.82, 2.24) is 35.3 Å². The summed E-state index contributed by atoms with van der Waals surface area (Å²) in [6.07, 6.45) is 5.67. The Morgan fingerprint density at radius 2 is 2.15 bits per heavy atom. The smallest absolute Gasteiger partial charge is 0.230 e. The average molecular weight is 378 g/mol. The number of nitrogens with one attached hydrogen (secondary N) is 1. The molecule has 0 atom stereocenters. The first kappa shape index (κ1) is 18.9. The molecule has 2 aromatic heterocycles. The molecule has 9 heteroatoms. The molecule has 0 spiro atoms. The third kappa shape index (κ3) is 5.06.